The van der Waals surface area contributed by atoms with E-state index in [9.17, 15) is 4.79 Å². The van der Waals surface area contributed by atoms with Crippen molar-refractivity contribution in [1.29, 1.82) is 0 Å². The highest BCUT2D eigenvalue weighted by Gasteiger charge is 2.26. The molecule has 32 heavy (non-hydrogen) atoms. The Morgan fingerprint density at radius 1 is 1.12 bits per heavy atom. The molecule has 0 bridgehead atoms. The molecule has 2 N–H and O–H groups in total. The van der Waals surface area contributed by atoms with Crippen LogP contribution in [0.2, 0.25) is 0 Å². The first-order chi connectivity index (χ1) is 15.2. The van der Waals surface area contributed by atoms with Gasteiger partial charge in [-0.15, -0.1) is 0 Å². The molecular weight excluding hydrogens is 539 g/mol. The van der Waals surface area contributed by atoms with Gasteiger partial charge in [0, 0.05) is 38.2 Å². The van der Waals surface area contributed by atoms with Crippen LogP contribution >= 0.6 is 34.2 Å². The maximum atomic E-state index is 13.1. The van der Waals surface area contributed by atoms with Gasteiger partial charge in [-0.2, -0.15) is 0 Å². The molecule has 0 saturated carbocycles. The second kappa shape index (κ2) is 10.4. The number of carbonyl (C=O) groups excluding carboxylic acids is 1. The maximum absolute atomic E-state index is 13.1. The standard InChI is InChI=1S/C25H26ClIN2O3/c1-25(2,3)32-24(30)29(13-7-12-26)21-15-22(31-16-17-8-5-4-6-9-17)20-14-18(28)10-11-19(20)23(21)27/h4-12,14-15H,13,16,28H2,1-3H3/b12-7+. The number of rotatable bonds is 6. The van der Waals surface area contributed by atoms with Gasteiger partial charge in [0.05, 0.1) is 5.69 Å². The third-order valence-electron chi connectivity index (χ3n) is 4.56. The average Bonchev–Trinajstić information content (AvgIpc) is 2.74. The van der Waals surface area contributed by atoms with Gasteiger partial charge < -0.3 is 15.2 Å². The van der Waals surface area contributed by atoms with Crippen LogP contribution in [0.5, 0.6) is 5.75 Å². The smallest absolute Gasteiger partial charge is 0.415 e. The molecule has 0 saturated heterocycles. The Morgan fingerprint density at radius 3 is 2.50 bits per heavy atom. The van der Waals surface area contributed by atoms with Crippen LogP contribution in [0, 0.1) is 3.57 Å². The molecule has 0 radical (unpaired) electrons. The van der Waals surface area contributed by atoms with Gasteiger partial charge in [-0.25, -0.2) is 4.79 Å². The maximum Gasteiger partial charge on any atom is 0.415 e. The van der Waals surface area contributed by atoms with Gasteiger partial charge in [0.15, 0.2) is 0 Å². The highest BCUT2D eigenvalue weighted by Crippen LogP contribution is 2.39. The van der Waals surface area contributed by atoms with Crippen LogP contribution in [0.1, 0.15) is 26.3 Å². The number of carbonyl (C=O) groups is 1. The lowest BCUT2D eigenvalue weighted by atomic mass is 10.1. The zero-order valence-electron chi connectivity index (χ0n) is 18.3. The van der Waals surface area contributed by atoms with Crippen molar-refractivity contribution >= 4 is 62.4 Å². The van der Waals surface area contributed by atoms with Gasteiger partial charge in [0.25, 0.3) is 0 Å². The van der Waals surface area contributed by atoms with Crippen LogP contribution in [0.4, 0.5) is 16.2 Å². The molecule has 7 heteroatoms. The SMILES string of the molecule is CC(C)(C)OC(=O)N(C/C=C/Cl)c1cc(OCc2ccccc2)c2cc(N)ccc2c1I. The molecule has 0 aliphatic carbocycles. The van der Waals surface area contributed by atoms with Crippen molar-refractivity contribution in [3.8, 4) is 5.75 Å². The third kappa shape index (κ3) is 6.07. The van der Waals surface area contributed by atoms with Gasteiger partial charge in [0.1, 0.15) is 18.0 Å². The van der Waals surface area contributed by atoms with Gasteiger partial charge >= 0.3 is 6.09 Å². The van der Waals surface area contributed by atoms with E-state index in [2.05, 4.69) is 22.6 Å². The number of fused-ring (bicyclic) bond motifs is 1. The first-order valence-corrected chi connectivity index (χ1v) is 11.7. The lowest BCUT2D eigenvalue weighted by Crippen LogP contribution is -2.37. The summed E-state index contributed by atoms with van der Waals surface area (Å²) >= 11 is 8.01. The number of ether oxygens (including phenoxy) is 2. The minimum absolute atomic E-state index is 0.257. The van der Waals surface area contributed by atoms with Crippen LogP contribution in [-0.2, 0) is 11.3 Å². The van der Waals surface area contributed by atoms with E-state index in [4.69, 9.17) is 26.8 Å². The van der Waals surface area contributed by atoms with Crippen molar-refractivity contribution in [2.75, 3.05) is 17.2 Å². The lowest BCUT2D eigenvalue weighted by Gasteiger charge is -2.28. The summed E-state index contributed by atoms with van der Waals surface area (Å²) in [6.07, 6.45) is 1.23. The first-order valence-electron chi connectivity index (χ1n) is 10.1. The molecule has 0 atom stereocenters. The van der Waals surface area contributed by atoms with E-state index in [-0.39, 0.29) is 6.54 Å². The van der Waals surface area contributed by atoms with Crippen molar-refractivity contribution in [3.63, 3.8) is 0 Å². The van der Waals surface area contributed by atoms with Crippen molar-refractivity contribution in [3.05, 3.63) is 75.3 Å². The predicted molar refractivity (Wildman–Crippen MR) is 140 cm³/mol. The van der Waals surface area contributed by atoms with Crippen LogP contribution < -0.4 is 15.4 Å². The Kier molecular flexibility index (Phi) is 7.90. The number of nitrogen functional groups attached to an aromatic ring is 1. The van der Waals surface area contributed by atoms with Crippen molar-refractivity contribution < 1.29 is 14.3 Å². The summed E-state index contributed by atoms with van der Waals surface area (Å²) in [7, 11) is 0. The molecule has 0 unspecified atom stereocenters. The Bertz CT molecular complexity index is 1130. The monoisotopic (exact) mass is 564 g/mol. The Balaban J connectivity index is 2.10. The molecule has 5 nitrogen and oxygen atoms in total. The van der Waals surface area contributed by atoms with Gasteiger partial charge in [-0.3, -0.25) is 4.90 Å². The Labute approximate surface area is 207 Å². The summed E-state index contributed by atoms with van der Waals surface area (Å²) < 4.78 is 12.7. The normalized spacial score (nSPS) is 11.7. The number of benzene rings is 3. The fourth-order valence-electron chi connectivity index (χ4n) is 3.15. The molecule has 0 aliphatic rings. The lowest BCUT2D eigenvalue weighted by molar-refractivity contribution is 0.0584. The topological polar surface area (TPSA) is 64.8 Å². The summed E-state index contributed by atoms with van der Waals surface area (Å²) in [4.78, 5) is 14.6. The van der Waals surface area contributed by atoms with Crippen LogP contribution in [-0.4, -0.2) is 18.2 Å². The molecule has 0 heterocycles. The Morgan fingerprint density at radius 2 is 1.84 bits per heavy atom. The van der Waals surface area contributed by atoms with Crippen LogP contribution in [0.15, 0.2) is 66.2 Å². The zero-order chi connectivity index (χ0) is 23.3. The average molecular weight is 565 g/mol. The molecule has 0 aliphatic heterocycles. The minimum Gasteiger partial charge on any atom is -0.488 e. The van der Waals surface area contributed by atoms with Crippen LogP contribution in [0.25, 0.3) is 10.8 Å². The third-order valence-corrected chi connectivity index (χ3v) is 5.87. The molecule has 0 aromatic heterocycles. The summed E-state index contributed by atoms with van der Waals surface area (Å²) in [6, 6.07) is 17.4. The van der Waals surface area contributed by atoms with E-state index in [1.165, 1.54) is 5.54 Å². The summed E-state index contributed by atoms with van der Waals surface area (Å²) in [5, 5.41) is 1.81. The van der Waals surface area contributed by atoms with Crippen molar-refractivity contribution in [2.45, 2.75) is 33.0 Å². The van der Waals surface area contributed by atoms with E-state index >= 15 is 0 Å². The number of anilines is 2. The molecular formula is C25H26ClIN2O3. The number of nitrogens with zero attached hydrogens (tertiary/aromatic N) is 1. The molecule has 0 spiro atoms. The number of nitrogens with two attached hydrogens (primary N) is 1. The number of hydrogen-bond donors (Lipinski definition) is 1. The Hall–Kier alpha value is -2.45. The van der Waals surface area contributed by atoms with Gasteiger partial charge in [-0.1, -0.05) is 54.1 Å². The minimum atomic E-state index is -0.636. The number of amides is 1. The van der Waals surface area contributed by atoms with E-state index in [1.54, 1.807) is 11.0 Å². The fourth-order valence-corrected chi connectivity index (χ4v) is 4.14. The van der Waals surface area contributed by atoms with Gasteiger partial charge in [0.2, 0.25) is 0 Å². The van der Waals surface area contributed by atoms with Crippen molar-refractivity contribution in [2.24, 2.45) is 0 Å². The zero-order valence-corrected chi connectivity index (χ0v) is 21.2. The predicted octanol–water partition coefficient (Wildman–Crippen LogP) is 7.10. The molecule has 0 fully saturated rings. The van der Waals surface area contributed by atoms with Crippen LogP contribution in [0.3, 0.4) is 0 Å². The van der Waals surface area contributed by atoms with E-state index in [1.807, 2.05) is 75.4 Å². The second-order valence-corrected chi connectivity index (χ2v) is 9.57. The molecule has 168 valence electrons. The van der Waals surface area contributed by atoms with Crippen molar-refractivity contribution in [1.82, 2.24) is 0 Å². The van der Waals surface area contributed by atoms with E-state index in [0.29, 0.717) is 23.7 Å². The first kappa shape index (κ1) is 24.2. The highest BCUT2D eigenvalue weighted by molar-refractivity contribution is 14.1. The summed E-state index contributed by atoms with van der Waals surface area (Å²) in [5.74, 6) is 0.634. The second-order valence-electron chi connectivity index (χ2n) is 8.24. The van der Waals surface area contributed by atoms with Gasteiger partial charge in [-0.05, 0) is 61.1 Å². The quantitative estimate of drug-likeness (QED) is 0.256. The van der Waals surface area contributed by atoms with E-state index in [0.717, 1.165) is 19.9 Å². The molecule has 3 aromatic rings. The largest absolute Gasteiger partial charge is 0.488 e. The summed E-state index contributed by atoms with van der Waals surface area (Å²) in [6.45, 7) is 6.15. The number of hydrogen-bond acceptors (Lipinski definition) is 4. The fraction of sp³-hybridized carbons (Fsp3) is 0.240. The number of halogens is 2. The highest BCUT2D eigenvalue weighted by atomic mass is 127. The molecule has 3 rings (SSSR count). The summed E-state index contributed by atoms with van der Waals surface area (Å²) in [5.41, 5.74) is 9.17. The molecule has 1 amide bonds. The van der Waals surface area contributed by atoms with E-state index < -0.39 is 11.7 Å². The molecule has 3 aromatic carbocycles.